The molecule has 0 heterocycles. The summed E-state index contributed by atoms with van der Waals surface area (Å²) in [5, 5.41) is 20.8. The van der Waals surface area contributed by atoms with Crippen LogP contribution in [0.5, 0.6) is 0 Å². The molecular formula is C50H102N4O6. The lowest BCUT2D eigenvalue weighted by Crippen LogP contribution is -2.39. The summed E-state index contributed by atoms with van der Waals surface area (Å²) in [5.41, 5.74) is 11.6. The molecule has 0 aromatic carbocycles. The van der Waals surface area contributed by atoms with Crippen LogP contribution in [0.1, 0.15) is 220 Å². The van der Waals surface area contributed by atoms with Crippen molar-refractivity contribution in [3.8, 4) is 0 Å². The van der Waals surface area contributed by atoms with Crippen molar-refractivity contribution in [1.29, 1.82) is 0 Å². The summed E-state index contributed by atoms with van der Waals surface area (Å²) in [7, 11) is 0. The molecule has 0 aliphatic carbocycles. The van der Waals surface area contributed by atoms with Gasteiger partial charge < -0.3 is 41.0 Å². The number of nitrogens with two attached hydrogens (primary N) is 2. The predicted octanol–water partition coefficient (Wildman–Crippen LogP) is 10.3. The molecule has 6 N–H and O–H groups in total. The van der Waals surface area contributed by atoms with Gasteiger partial charge in [0.05, 0.1) is 37.3 Å². The molecule has 0 rings (SSSR count). The minimum Gasteiger partial charge on any atom is -0.465 e. The Morgan fingerprint density at radius 2 is 0.683 bits per heavy atom. The second kappa shape index (κ2) is 44.3. The molecule has 0 saturated carbocycles. The molecule has 0 aliphatic heterocycles. The molecule has 60 heavy (non-hydrogen) atoms. The number of unbranched alkanes of at least 4 members (excludes halogenated alkanes) is 19. The number of aliphatic hydroxyl groups is 2. The van der Waals surface area contributed by atoms with Crippen LogP contribution >= 0.6 is 0 Å². The Bertz CT molecular complexity index is 857. The minimum atomic E-state index is -0.574. The SMILES string of the molecule is CCCCCCCCC(CCCCCC)C(=O)OCCCCN(CCCCN(CCCCOC(=O)C(CCCCCC)CCCCCCCC)CC(O)CN)CC(O)CN. The largest absolute Gasteiger partial charge is 0.465 e. The molecule has 4 unspecified atom stereocenters. The van der Waals surface area contributed by atoms with E-state index < -0.39 is 12.2 Å². The van der Waals surface area contributed by atoms with Gasteiger partial charge in [-0.05, 0) is 90.4 Å². The zero-order valence-electron chi connectivity index (χ0n) is 40.2. The van der Waals surface area contributed by atoms with Crippen LogP contribution in [0.3, 0.4) is 0 Å². The van der Waals surface area contributed by atoms with Crippen molar-refractivity contribution in [3.05, 3.63) is 0 Å². The van der Waals surface area contributed by atoms with E-state index in [-0.39, 0.29) is 36.9 Å². The Labute approximate surface area is 371 Å². The van der Waals surface area contributed by atoms with Crippen molar-refractivity contribution in [2.75, 3.05) is 65.6 Å². The monoisotopic (exact) mass is 855 g/mol. The fourth-order valence-corrected chi connectivity index (χ4v) is 8.20. The molecule has 0 aliphatic rings. The number of hydrogen-bond acceptors (Lipinski definition) is 10. The van der Waals surface area contributed by atoms with Crippen molar-refractivity contribution in [1.82, 2.24) is 9.80 Å². The molecule has 0 amide bonds. The fraction of sp³-hybridized carbons (Fsp3) is 0.960. The van der Waals surface area contributed by atoms with E-state index in [4.69, 9.17) is 20.9 Å². The molecule has 0 aromatic heterocycles. The van der Waals surface area contributed by atoms with E-state index >= 15 is 0 Å². The average Bonchev–Trinajstić information content (AvgIpc) is 3.25. The van der Waals surface area contributed by atoms with Crippen LogP contribution in [0.15, 0.2) is 0 Å². The highest BCUT2D eigenvalue weighted by Gasteiger charge is 2.21. The van der Waals surface area contributed by atoms with Crippen LogP contribution in [0, 0.1) is 11.8 Å². The van der Waals surface area contributed by atoms with Crippen LogP contribution in [-0.2, 0) is 19.1 Å². The van der Waals surface area contributed by atoms with Gasteiger partial charge in [-0.3, -0.25) is 9.59 Å². The van der Waals surface area contributed by atoms with Crippen molar-refractivity contribution in [3.63, 3.8) is 0 Å². The van der Waals surface area contributed by atoms with Gasteiger partial charge in [0.15, 0.2) is 0 Å². The minimum absolute atomic E-state index is 0.0126. The van der Waals surface area contributed by atoms with Crippen LogP contribution in [0.25, 0.3) is 0 Å². The summed E-state index contributed by atoms with van der Waals surface area (Å²) in [5.74, 6) is 0.0202. The van der Waals surface area contributed by atoms with Gasteiger partial charge in [-0.1, -0.05) is 156 Å². The maximum atomic E-state index is 13.1. The molecule has 0 radical (unpaired) electrons. The van der Waals surface area contributed by atoms with Gasteiger partial charge in [0, 0.05) is 26.2 Å². The summed E-state index contributed by atoms with van der Waals surface area (Å²) in [6.45, 7) is 14.7. The Kier molecular flexibility index (Phi) is 43.4. The summed E-state index contributed by atoms with van der Waals surface area (Å²) in [6.07, 6.45) is 32.2. The zero-order chi connectivity index (χ0) is 44.3. The van der Waals surface area contributed by atoms with Crippen molar-refractivity contribution >= 4 is 11.9 Å². The molecule has 10 nitrogen and oxygen atoms in total. The summed E-state index contributed by atoms with van der Waals surface area (Å²) in [4.78, 5) is 30.8. The maximum absolute atomic E-state index is 13.1. The Morgan fingerprint density at radius 3 is 0.983 bits per heavy atom. The predicted molar refractivity (Wildman–Crippen MR) is 253 cm³/mol. The lowest BCUT2D eigenvalue weighted by Gasteiger charge is -2.27. The molecule has 358 valence electrons. The zero-order valence-corrected chi connectivity index (χ0v) is 40.2. The number of ether oxygens (including phenoxy) is 2. The Balaban J connectivity index is 4.82. The van der Waals surface area contributed by atoms with E-state index in [1.807, 2.05) is 0 Å². The molecule has 0 fully saturated rings. The van der Waals surface area contributed by atoms with E-state index in [0.717, 1.165) is 116 Å². The van der Waals surface area contributed by atoms with Crippen LogP contribution in [-0.4, -0.2) is 110 Å². The quantitative estimate of drug-likeness (QED) is 0.0344. The number of carbonyl (C=O) groups is 2. The first kappa shape index (κ1) is 58.7. The number of aliphatic hydroxyl groups excluding tert-OH is 2. The number of nitrogens with zero attached hydrogens (tertiary/aromatic N) is 2. The van der Waals surface area contributed by atoms with Gasteiger partial charge in [-0.25, -0.2) is 0 Å². The van der Waals surface area contributed by atoms with Gasteiger partial charge >= 0.3 is 11.9 Å². The molecular weight excluding hydrogens is 753 g/mol. The summed E-state index contributed by atoms with van der Waals surface area (Å²) >= 11 is 0. The standard InChI is InChI=1S/C50H102N4O6/c1-5-9-13-17-19-23-33-45(31-21-15-11-7-3)49(57)59-39-29-27-37-53(43-47(55)41-51)35-25-26-36-54(44-48(56)42-52)38-28-30-40-60-50(58)46(32-22-16-12-8-4)34-24-20-18-14-10-6-2/h45-48,55-56H,5-44,51-52H2,1-4H3. The fourth-order valence-electron chi connectivity index (χ4n) is 8.20. The van der Waals surface area contributed by atoms with E-state index in [9.17, 15) is 19.8 Å². The number of carbonyl (C=O) groups excluding carboxylic acids is 2. The number of hydrogen-bond donors (Lipinski definition) is 4. The second-order valence-electron chi connectivity index (χ2n) is 18.0. The molecule has 0 bridgehead atoms. The van der Waals surface area contributed by atoms with Gasteiger partial charge in [0.2, 0.25) is 0 Å². The number of esters is 2. The lowest BCUT2D eigenvalue weighted by molar-refractivity contribution is -0.150. The van der Waals surface area contributed by atoms with E-state index in [0.29, 0.717) is 26.3 Å². The third-order valence-corrected chi connectivity index (χ3v) is 12.2. The molecule has 0 spiro atoms. The van der Waals surface area contributed by atoms with Crippen molar-refractivity contribution < 1.29 is 29.3 Å². The van der Waals surface area contributed by atoms with E-state index in [2.05, 4.69) is 37.5 Å². The molecule has 0 saturated heterocycles. The third-order valence-electron chi connectivity index (χ3n) is 12.2. The molecule has 4 atom stereocenters. The first-order chi connectivity index (χ1) is 29.3. The molecule has 0 aromatic rings. The van der Waals surface area contributed by atoms with Gasteiger partial charge in [0.25, 0.3) is 0 Å². The molecule has 10 heteroatoms. The first-order valence-corrected chi connectivity index (χ1v) is 25.8. The van der Waals surface area contributed by atoms with Crippen LogP contribution < -0.4 is 11.5 Å². The van der Waals surface area contributed by atoms with Crippen LogP contribution in [0.2, 0.25) is 0 Å². The van der Waals surface area contributed by atoms with E-state index in [1.54, 1.807) is 0 Å². The van der Waals surface area contributed by atoms with Crippen molar-refractivity contribution in [2.45, 2.75) is 233 Å². The summed E-state index contributed by atoms with van der Waals surface area (Å²) in [6, 6.07) is 0. The van der Waals surface area contributed by atoms with Gasteiger partial charge in [-0.2, -0.15) is 0 Å². The Hall–Kier alpha value is -1.30. The Morgan fingerprint density at radius 1 is 0.417 bits per heavy atom. The highest BCUT2D eigenvalue weighted by molar-refractivity contribution is 5.72. The first-order valence-electron chi connectivity index (χ1n) is 25.8. The van der Waals surface area contributed by atoms with Crippen molar-refractivity contribution in [2.24, 2.45) is 23.3 Å². The lowest BCUT2D eigenvalue weighted by atomic mass is 9.94. The topological polar surface area (TPSA) is 152 Å². The maximum Gasteiger partial charge on any atom is 0.308 e. The highest BCUT2D eigenvalue weighted by Crippen LogP contribution is 2.22. The third kappa shape index (κ3) is 36.2. The average molecular weight is 855 g/mol. The second-order valence-corrected chi connectivity index (χ2v) is 18.0. The number of rotatable bonds is 47. The normalized spacial score (nSPS) is 13.8. The summed E-state index contributed by atoms with van der Waals surface area (Å²) < 4.78 is 11.7. The van der Waals surface area contributed by atoms with E-state index in [1.165, 1.54) is 103 Å². The van der Waals surface area contributed by atoms with Crippen LogP contribution in [0.4, 0.5) is 0 Å². The highest BCUT2D eigenvalue weighted by atomic mass is 16.5. The smallest absolute Gasteiger partial charge is 0.308 e. The van der Waals surface area contributed by atoms with Gasteiger partial charge in [0.1, 0.15) is 0 Å². The van der Waals surface area contributed by atoms with Gasteiger partial charge in [-0.15, -0.1) is 0 Å².